The van der Waals surface area contributed by atoms with E-state index in [1.54, 1.807) is 18.5 Å². The first-order valence-corrected chi connectivity index (χ1v) is 5.92. The summed E-state index contributed by atoms with van der Waals surface area (Å²) < 4.78 is 13.6. The molecule has 94 valence electrons. The molecule has 5 heteroatoms. The first-order valence-electron chi connectivity index (χ1n) is 5.54. The zero-order valence-corrected chi connectivity index (χ0v) is 10.7. The molecule has 0 aliphatic carbocycles. The summed E-state index contributed by atoms with van der Waals surface area (Å²) in [7, 11) is 0. The fourth-order valence-corrected chi connectivity index (χ4v) is 1.83. The minimum Gasteiger partial charge on any atom is -0.322 e. The van der Waals surface area contributed by atoms with Gasteiger partial charge in [-0.2, -0.15) is 0 Å². The summed E-state index contributed by atoms with van der Waals surface area (Å²) in [6.07, 6.45) is 3.59. The molecule has 3 nitrogen and oxygen atoms in total. The summed E-state index contributed by atoms with van der Waals surface area (Å²) >= 11 is 5.83. The smallest absolute Gasteiger partial charge is 0.126 e. The molecule has 2 aromatic rings. The van der Waals surface area contributed by atoms with Gasteiger partial charge in [0.15, 0.2) is 0 Å². The van der Waals surface area contributed by atoms with Crippen molar-refractivity contribution in [3.8, 4) is 0 Å². The maximum Gasteiger partial charge on any atom is 0.126 e. The fraction of sp³-hybridized carbons (Fsp3) is 0.231. The molecule has 0 amide bonds. The number of rotatable bonds is 3. The Bertz CT molecular complexity index is 542. The molecule has 0 radical (unpaired) electrons. The van der Waals surface area contributed by atoms with Crippen LogP contribution in [0.2, 0.25) is 5.02 Å². The normalized spacial score (nSPS) is 12.4. The Balaban J connectivity index is 2.18. The number of aromatic nitrogens is 2. The second kappa shape index (κ2) is 5.42. The van der Waals surface area contributed by atoms with Gasteiger partial charge in [-0.15, -0.1) is 0 Å². The largest absolute Gasteiger partial charge is 0.322 e. The van der Waals surface area contributed by atoms with E-state index in [0.717, 1.165) is 5.69 Å². The molecule has 0 spiro atoms. The van der Waals surface area contributed by atoms with Gasteiger partial charge in [-0.3, -0.25) is 9.97 Å². The lowest BCUT2D eigenvalue weighted by Gasteiger charge is -2.11. The first-order chi connectivity index (χ1) is 8.56. The average Bonchev–Trinajstić information content (AvgIpc) is 2.34. The average molecular weight is 266 g/mol. The molecule has 1 atom stereocenters. The minimum atomic E-state index is -0.397. The molecule has 0 fully saturated rings. The molecular weight excluding hydrogens is 253 g/mol. The molecule has 1 aromatic heterocycles. The van der Waals surface area contributed by atoms with Crippen molar-refractivity contribution in [2.45, 2.75) is 19.4 Å². The van der Waals surface area contributed by atoms with Gasteiger partial charge in [0.2, 0.25) is 0 Å². The monoisotopic (exact) mass is 265 g/mol. The fourth-order valence-electron chi connectivity index (χ4n) is 1.64. The lowest BCUT2D eigenvalue weighted by molar-refractivity contribution is 0.589. The van der Waals surface area contributed by atoms with E-state index in [9.17, 15) is 4.39 Å². The van der Waals surface area contributed by atoms with E-state index in [0.29, 0.717) is 22.7 Å². The zero-order valence-electron chi connectivity index (χ0n) is 9.90. The van der Waals surface area contributed by atoms with Crippen LogP contribution in [0.1, 0.15) is 23.0 Å². The highest BCUT2D eigenvalue weighted by atomic mass is 35.5. The Morgan fingerprint density at radius 3 is 2.78 bits per heavy atom. The summed E-state index contributed by atoms with van der Waals surface area (Å²) in [4.78, 5) is 8.30. The number of benzene rings is 1. The third-order valence-corrected chi connectivity index (χ3v) is 2.86. The highest BCUT2D eigenvalue weighted by Crippen LogP contribution is 2.20. The SMILES string of the molecule is Cc1cnc(C(N)Cc2cc(Cl)ccc2F)cn1. The van der Waals surface area contributed by atoms with E-state index in [-0.39, 0.29) is 5.82 Å². The third-order valence-electron chi connectivity index (χ3n) is 2.63. The Morgan fingerprint density at radius 2 is 2.11 bits per heavy atom. The molecule has 0 bridgehead atoms. The zero-order chi connectivity index (χ0) is 13.1. The van der Waals surface area contributed by atoms with Crippen molar-refractivity contribution >= 4 is 11.6 Å². The molecule has 0 saturated carbocycles. The Labute approximate surface area is 110 Å². The predicted octanol–water partition coefficient (Wildman–Crippen LogP) is 2.82. The summed E-state index contributed by atoms with van der Waals surface area (Å²) in [6.45, 7) is 1.85. The van der Waals surface area contributed by atoms with Gasteiger partial charge in [0.05, 0.1) is 23.6 Å². The van der Waals surface area contributed by atoms with Gasteiger partial charge in [0, 0.05) is 11.2 Å². The highest BCUT2D eigenvalue weighted by Gasteiger charge is 2.12. The lowest BCUT2D eigenvalue weighted by atomic mass is 10.0. The van der Waals surface area contributed by atoms with Crippen molar-refractivity contribution in [1.29, 1.82) is 0 Å². The van der Waals surface area contributed by atoms with Gasteiger partial charge in [-0.1, -0.05) is 11.6 Å². The van der Waals surface area contributed by atoms with E-state index in [1.165, 1.54) is 12.1 Å². The van der Waals surface area contributed by atoms with E-state index in [1.807, 2.05) is 6.92 Å². The lowest BCUT2D eigenvalue weighted by Crippen LogP contribution is -2.16. The van der Waals surface area contributed by atoms with Crippen molar-refractivity contribution in [3.63, 3.8) is 0 Å². The van der Waals surface area contributed by atoms with Crippen LogP contribution < -0.4 is 5.73 Å². The topological polar surface area (TPSA) is 51.8 Å². The van der Waals surface area contributed by atoms with Crippen LogP contribution in [0.25, 0.3) is 0 Å². The van der Waals surface area contributed by atoms with Gasteiger partial charge in [-0.05, 0) is 37.1 Å². The molecule has 2 rings (SSSR count). The number of halogens is 2. The van der Waals surface area contributed by atoms with Gasteiger partial charge < -0.3 is 5.73 Å². The van der Waals surface area contributed by atoms with Crippen molar-refractivity contribution in [1.82, 2.24) is 9.97 Å². The molecule has 0 aliphatic rings. The second-order valence-electron chi connectivity index (χ2n) is 4.13. The van der Waals surface area contributed by atoms with Gasteiger partial charge in [0.25, 0.3) is 0 Å². The Kier molecular flexibility index (Phi) is 3.89. The maximum absolute atomic E-state index is 13.6. The van der Waals surface area contributed by atoms with Crippen LogP contribution in [-0.2, 0) is 6.42 Å². The summed E-state index contributed by atoms with van der Waals surface area (Å²) in [5, 5.41) is 0.494. The highest BCUT2D eigenvalue weighted by molar-refractivity contribution is 6.30. The number of nitrogens with zero attached hydrogens (tertiary/aromatic N) is 2. The number of aryl methyl sites for hydroxylation is 1. The van der Waals surface area contributed by atoms with Gasteiger partial charge in [-0.25, -0.2) is 4.39 Å². The molecule has 1 heterocycles. The van der Waals surface area contributed by atoms with Crippen LogP contribution >= 0.6 is 11.6 Å². The minimum absolute atomic E-state index is 0.310. The second-order valence-corrected chi connectivity index (χ2v) is 4.57. The summed E-state index contributed by atoms with van der Waals surface area (Å²) in [5.74, 6) is -0.310. The van der Waals surface area contributed by atoms with Crippen LogP contribution in [0.5, 0.6) is 0 Å². The number of hydrogen-bond acceptors (Lipinski definition) is 3. The van der Waals surface area contributed by atoms with Crippen LogP contribution in [-0.4, -0.2) is 9.97 Å². The van der Waals surface area contributed by atoms with Crippen LogP contribution in [0.4, 0.5) is 4.39 Å². The maximum atomic E-state index is 13.6. The molecule has 1 aromatic carbocycles. The summed E-state index contributed by atoms with van der Waals surface area (Å²) in [5.41, 5.74) is 7.93. The van der Waals surface area contributed by atoms with E-state index >= 15 is 0 Å². The van der Waals surface area contributed by atoms with Crippen LogP contribution in [0, 0.1) is 12.7 Å². The molecule has 1 unspecified atom stereocenters. The Hall–Kier alpha value is -1.52. The first kappa shape index (κ1) is 12.9. The quantitative estimate of drug-likeness (QED) is 0.928. The molecule has 0 aliphatic heterocycles. The van der Waals surface area contributed by atoms with Crippen molar-refractivity contribution in [3.05, 3.63) is 58.4 Å². The van der Waals surface area contributed by atoms with Crippen LogP contribution in [0.3, 0.4) is 0 Å². The molecule has 0 saturated heterocycles. The molecule has 18 heavy (non-hydrogen) atoms. The standard InChI is InChI=1S/C13H13ClFN3/c1-8-6-18-13(7-17-8)12(16)5-9-4-10(14)2-3-11(9)15/h2-4,6-7,12H,5,16H2,1H3. The molecule has 2 N–H and O–H groups in total. The van der Waals surface area contributed by atoms with Crippen molar-refractivity contribution < 1.29 is 4.39 Å². The number of nitrogens with two attached hydrogens (primary N) is 1. The molecular formula is C13H13ClFN3. The van der Waals surface area contributed by atoms with Gasteiger partial charge >= 0.3 is 0 Å². The van der Waals surface area contributed by atoms with E-state index in [2.05, 4.69) is 9.97 Å². The summed E-state index contributed by atoms with van der Waals surface area (Å²) in [6, 6.07) is 4.03. The predicted molar refractivity (Wildman–Crippen MR) is 68.8 cm³/mol. The van der Waals surface area contributed by atoms with Crippen LogP contribution in [0.15, 0.2) is 30.6 Å². The Morgan fingerprint density at radius 1 is 1.33 bits per heavy atom. The van der Waals surface area contributed by atoms with Crippen molar-refractivity contribution in [2.75, 3.05) is 0 Å². The third kappa shape index (κ3) is 3.03. The van der Waals surface area contributed by atoms with E-state index in [4.69, 9.17) is 17.3 Å². The van der Waals surface area contributed by atoms with E-state index < -0.39 is 6.04 Å². The van der Waals surface area contributed by atoms with Gasteiger partial charge in [0.1, 0.15) is 5.82 Å². The number of hydrogen-bond donors (Lipinski definition) is 1. The van der Waals surface area contributed by atoms with Crippen molar-refractivity contribution in [2.24, 2.45) is 5.73 Å².